The molecule has 0 amide bonds. The van der Waals surface area contributed by atoms with Crippen molar-refractivity contribution in [1.29, 1.82) is 0 Å². The van der Waals surface area contributed by atoms with Crippen molar-refractivity contribution < 1.29 is 18.6 Å². The SMILES string of the molecule is COCCOCC[C@H](OC)n1cc(F)c(=O)[nH]c1=O. The van der Waals surface area contributed by atoms with Gasteiger partial charge in [-0.2, -0.15) is 4.39 Å². The molecule has 19 heavy (non-hydrogen) atoms. The molecule has 108 valence electrons. The summed E-state index contributed by atoms with van der Waals surface area (Å²) >= 11 is 0. The van der Waals surface area contributed by atoms with E-state index in [1.165, 1.54) is 7.11 Å². The molecule has 7 nitrogen and oxygen atoms in total. The van der Waals surface area contributed by atoms with E-state index in [4.69, 9.17) is 14.2 Å². The van der Waals surface area contributed by atoms with Gasteiger partial charge in [0.25, 0.3) is 5.56 Å². The first-order chi connectivity index (χ1) is 9.10. The molecule has 0 fully saturated rings. The molecule has 0 aliphatic rings. The number of rotatable bonds is 8. The summed E-state index contributed by atoms with van der Waals surface area (Å²) in [6, 6.07) is 0. The minimum absolute atomic E-state index is 0.315. The maximum Gasteiger partial charge on any atom is 0.330 e. The standard InChI is InChI=1S/C11H17FN2O5/c1-17-5-6-19-4-3-9(18-2)14-7-8(12)10(15)13-11(14)16/h7,9H,3-6H2,1-2H3,(H,13,15,16)/t9-/m0/s1. The normalized spacial score (nSPS) is 12.6. The molecule has 1 N–H and O–H groups in total. The molecule has 0 aliphatic carbocycles. The lowest BCUT2D eigenvalue weighted by Crippen LogP contribution is -2.34. The Bertz CT molecular complexity index is 499. The van der Waals surface area contributed by atoms with Gasteiger partial charge in [-0.05, 0) is 0 Å². The summed E-state index contributed by atoms with van der Waals surface area (Å²) in [5, 5.41) is 0. The van der Waals surface area contributed by atoms with E-state index >= 15 is 0 Å². The van der Waals surface area contributed by atoms with Gasteiger partial charge in [0.15, 0.2) is 0 Å². The van der Waals surface area contributed by atoms with Gasteiger partial charge in [-0.1, -0.05) is 0 Å². The van der Waals surface area contributed by atoms with Gasteiger partial charge in [-0.25, -0.2) is 4.79 Å². The van der Waals surface area contributed by atoms with Crippen LogP contribution in [0.2, 0.25) is 0 Å². The highest BCUT2D eigenvalue weighted by Crippen LogP contribution is 2.09. The van der Waals surface area contributed by atoms with Crippen molar-refractivity contribution in [3.63, 3.8) is 0 Å². The number of nitrogens with one attached hydrogen (secondary N) is 1. The predicted octanol–water partition coefficient (Wildman–Crippen LogP) is -0.126. The van der Waals surface area contributed by atoms with Gasteiger partial charge >= 0.3 is 5.69 Å². The summed E-state index contributed by atoms with van der Waals surface area (Å²) in [6.45, 7) is 1.20. The van der Waals surface area contributed by atoms with Gasteiger partial charge < -0.3 is 14.2 Å². The first-order valence-electron chi connectivity index (χ1n) is 5.70. The second-order valence-corrected chi connectivity index (χ2v) is 3.73. The summed E-state index contributed by atoms with van der Waals surface area (Å²) in [4.78, 5) is 24.3. The average Bonchev–Trinajstić information content (AvgIpc) is 2.39. The summed E-state index contributed by atoms with van der Waals surface area (Å²) in [5.74, 6) is -1.04. The minimum Gasteiger partial charge on any atom is -0.382 e. The van der Waals surface area contributed by atoms with Crippen LogP contribution >= 0.6 is 0 Å². The Balaban J connectivity index is 2.67. The fraction of sp³-hybridized carbons (Fsp3) is 0.636. The second-order valence-electron chi connectivity index (χ2n) is 3.73. The lowest BCUT2D eigenvalue weighted by molar-refractivity contribution is -0.00331. The Hall–Kier alpha value is -1.51. The summed E-state index contributed by atoms with van der Waals surface area (Å²) in [7, 11) is 2.94. The van der Waals surface area contributed by atoms with Crippen molar-refractivity contribution >= 4 is 0 Å². The number of methoxy groups -OCH3 is 2. The summed E-state index contributed by atoms with van der Waals surface area (Å²) in [6.07, 6.45) is 0.456. The summed E-state index contributed by atoms with van der Waals surface area (Å²) in [5.41, 5.74) is -1.78. The molecule has 0 aliphatic heterocycles. The van der Waals surface area contributed by atoms with Crippen LogP contribution in [0.1, 0.15) is 12.6 Å². The zero-order valence-electron chi connectivity index (χ0n) is 10.8. The molecule has 1 aromatic heterocycles. The number of ether oxygens (including phenoxy) is 3. The third-order valence-electron chi connectivity index (χ3n) is 2.45. The molecule has 0 unspecified atom stereocenters. The zero-order valence-corrected chi connectivity index (χ0v) is 10.8. The molecule has 0 radical (unpaired) electrons. The fourth-order valence-corrected chi connectivity index (χ4v) is 1.47. The van der Waals surface area contributed by atoms with Crippen LogP contribution in [0.5, 0.6) is 0 Å². The number of aromatic amines is 1. The van der Waals surface area contributed by atoms with Crippen LogP contribution in [0, 0.1) is 5.82 Å². The number of halogens is 1. The Morgan fingerprint density at radius 2 is 2.05 bits per heavy atom. The van der Waals surface area contributed by atoms with Crippen LogP contribution in [0.3, 0.4) is 0 Å². The lowest BCUT2D eigenvalue weighted by Gasteiger charge is -2.17. The lowest BCUT2D eigenvalue weighted by atomic mass is 10.4. The molecule has 1 heterocycles. The second kappa shape index (κ2) is 7.82. The van der Waals surface area contributed by atoms with Gasteiger partial charge in [0.2, 0.25) is 5.82 Å². The molecule has 1 atom stereocenters. The smallest absolute Gasteiger partial charge is 0.330 e. The van der Waals surface area contributed by atoms with E-state index in [9.17, 15) is 14.0 Å². The number of hydrogen-bond acceptors (Lipinski definition) is 5. The van der Waals surface area contributed by atoms with Gasteiger partial charge in [-0.15, -0.1) is 0 Å². The first-order valence-corrected chi connectivity index (χ1v) is 5.70. The maximum atomic E-state index is 13.1. The van der Waals surface area contributed by atoms with Crippen LogP contribution in [0.15, 0.2) is 15.8 Å². The minimum atomic E-state index is -1.05. The highest BCUT2D eigenvalue weighted by molar-refractivity contribution is 4.88. The van der Waals surface area contributed by atoms with E-state index in [1.807, 2.05) is 4.98 Å². The molecule has 8 heteroatoms. The van der Waals surface area contributed by atoms with Gasteiger partial charge in [0.1, 0.15) is 6.23 Å². The molecule has 0 saturated heterocycles. The fourth-order valence-electron chi connectivity index (χ4n) is 1.47. The van der Waals surface area contributed by atoms with Crippen LogP contribution in [0.4, 0.5) is 4.39 Å². The molecule has 0 saturated carbocycles. The van der Waals surface area contributed by atoms with E-state index in [1.54, 1.807) is 7.11 Å². The molecule has 1 rings (SSSR count). The van der Waals surface area contributed by atoms with Crippen molar-refractivity contribution in [1.82, 2.24) is 9.55 Å². The third kappa shape index (κ3) is 4.58. The average molecular weight is 276 g/mol. The van der Waals surface area contributed by atoms with Crippen molar-refractivity contribution in [2.75, 3.05) is 34.0 Å². The Morgan fingerprint density at radius 1 is 1.32 bits per heavy atom. The van der Waals surface area contributed by atoms with Crippen molar-refractivity contribution in [2.24, 2.45) is 0 Å². The monoisotopic (exact) mass is 276 g/mol. The van der Waals surface area contributed by atoms with Crippen molar-refractivity contribution in [3.05, 3.63) is 32.9 Å². The van der Waals surface area contributed by atoms with Gasteiger partial charge in [0, 0.05) is 20.6 Å². The van der Waals surface area contributed by atoms with Crippen molar-refractivity contribution in [2.45, 2.75) is 12.6 Å². The van der Waals surface area contributed by atoms with E-state index in [2.05, 4.69) is 0 Å². The van der Waals surface area contributed by atoms with Crippen LogP contribution < -0.4 is 11.2 Å². The van der Waals surface area contributed by atoms with E-state index in [0.29, 0.717) is 26.2 Å². The Kier molecular flexibility index (Phi) is 6.40. The van der Waals surface area contributed by atoms with E-state index in [0.717, 1.165) is 10.8 Å². The number of aromatic nitrogens is 2. The topological polar surface area (TPSA) is 82.6 Å². The largest absolute Gasteiger partial charge is 0.382 e. The highest BCUT2D eigenvalue weighted by atomic mass is 19.1. The Morgan fingerprint density at radius 3 is 2.68 bits per heavy atom. The number of hydrogen-bond donors (Lipinski definition) is 1. The zero-order chi connectivity index (χ0) is 14.3. The van der Waals surface area contributed by atoms with Crippen molar-refractivity contribution in [3.8, 4) is 0 Å². The molecule has 1 aromatic rings. The molecular formula is C11H17FN2O5. The predicted molar refractivity (Wildman–Crippen MR) is 64.6 cm³/mol. The quantitative estimate of drug-likeness (QED) is 0.669. The Labute approximate surface area is 108 Å². The molecule has 0 bridgehead atoms. The number of H-pyrrole nitrogens is 1. The summed E-state index contributed by atoms with van der Waals surface area (Å²) < 4.78 is 29.2. The van der Waals surface area contributed by atoms with Gasteiger partial charge in [0.05, 0.1) is 26.0 Å². The molecule has 0 spiro atoms. The number of nitrogens with zero attached hydrogens (tertiary/aromatic N) is 1. The molecule has 0 aromatic carbocycles. The first kappa shape index (κ1) is 15.5. The van der Waals surface area contributed by atoms with Gasteiger partial charge in [-0.3, -0.25) is 14.3 Å². The van der Waals surface area contributed by atoms with E-state index in [-0.39, 0.29) is 0 Å². The highest BCUT2D eigenvalue weighted by Gasteiger charge is 2.13. The van der Waals surface area contributed by atoms with Crippen LogP contribution in [-0.2, 0) is 14.2 Å². The molecular weight excluding hydrogens is 259 g/mol. The van der Waals surface area contributed by atoms with E-state index < -0.39 is 23.3 Å². The third-order valence-corrected chi connectivity index (χ3v) is 2.45. The van der Waals surface area contributed by atoms with Crippen LogP contribution in [0.25, 0.3) is 0 Å². The maximum absolute atomic E-state index is 13.1. The van der Waals surface area contributed by atoms with Crippen LogP contribution in [-0.4, -0.2) is 43.6 Å².